The number of benzene rings is 1. The molecule has 1 aromatic carbocycles. The molecule has 0 radical (unpaired) electrons. The van der Waals surface area contributed by atoms with Crippen molar-refractivity contribution in [3.8, 4) is 0 Å². The summed E-state index contributed by atoms with van der Waals surface area (Å²) in [5.41, 5.74) is 8.59. The van der Waals surface area contributed by atoms with Gasteiger partial charge in [0.25, 0.3) is 0 Å². The van der Waals surface area contributed by atoms with Gasteiger partial charge in [-0.1, -0.05) is 18.2 Å². The van der Waals surface area contributed by atoms with Crippen LogP contribution in [-0.4, -0.2) is 22.9 Å². The highest BCUT2D eigenvalue weighted by atomic mass is 16.3. The van der Waals surface area contributed by atoms with Crippen LogP contribution >= 0.6 is 0 Å². The zero-order chi connectivity index (χ0) is 10.7. The van der Waals surface area contributed by atoms with E-state index in [0.717, 1.165) is 11.1 Å². The molecule has 0 aliphatic carbocycles. The Bertz CT molecular complexity index is 312. The molecule has 14 heavy (non-hydrogen) atoms. The molecule has 0 aliphatic heterocycles. The summed E-state index contributed by atoms with van der Waals surface area (Å²) in [5.74, 6) is 0. The van der Waals surface area contributed by atoms with E-state index in [1.54, 1.807) is 0 Å². The zero-order valence-electron chi connectivity index (χ0n) is 8.57. The largest absolute Gasteiger partial charge is 0.395 e. The second-order valence-corrected chi connectivity index (χ2v) is 3.63. The van der Waals surface area contributed by atoms with Crippen molar-refractivity contribution in [1.29, 1.82) is 0 Å². The van der Waals surface area contributed by atoms with Gasteiger partial charge in [-0.05, 0) is 30.5 Å². The van der Waals surface area contributed by atoms with Crippen LogP contribution in [0.4, 0.5) is 0 Å². The predicted molar refractivity (Wildman–Crippen MR) is 55.9 cm³/mol. The molecule has 2 unspecified atom stereocenters. The van der Waals surface area contributed by atoms with Gasteiger partial charge in [0.1, 0.15) is 0 Å². The molecule has 0 bridgehead atoms. The van der Waals surface area contributed by atoms with E-state index in [4.69, 9.17) is 10.8 Å². The molecule has 78 valence electrons. The number of hydrogen-bond acceptors (Lipinski definition) is 3. The minimum atomic E-state index is -0.792. The number of hydrogen-bond donors (Lipinski definition) is 3. The van der Waals surface area contributed by atoms with Crippen LogP contribution in [0.2, 0.25) is 0 Å². The molecule has 2 atom stereocenters. The summed E-state index contributed by atoms with van der Waals surface area (Å²) in [6.45, 7) is 3.78. The lowest BCUT2D eigenvalue weighted by molar-refractivity contribution is 0.109. The van der Waals surface area contributed by atoms with Gasteiger partial charge in [0.15, 0.2) is 0 Å². The summed E-state index contributed by atoms with van der Waals surface area (Å²) in [6.07, 6.45) is -0.792. The Morgan fingerprint density at radius 2 is 1.93 bits per heavy atom. The van der Waals surface area contributed by atoms with Crippen molar-refractivity contribution in [2.45, 2.75) is 26.0 Å². The van der Waals surface area contributed by atoms with E-state index in [9.17, 15) is 5.11 Å². The molecule has 0 aromatic heterocycles. The standard InChI is InChI=1S/C11H17NO2/c1-7-3-4-9(5-8(7)2)11(14)10(12)6-13/h3-5,10-11,13-14H,6,12H2,1-2H3. The van der Waals surface area contributed by atoms with Crippen LogP contribution in [-0.2, 0) is 0 Å². The van der Waals surface area contributed by atoms with Crippen LogP contribution in [0.25, 0.3) is 0 Å². The third kappa shape index (κ3) is 2.32. The average molecular weight is 195 g/mol. The van der Waals surface area contributed by atoms with Gasteiger partial charge in [-0.3, -0.25) is 0 Å². The van der Waals surface area contributed by atoms with Gasteiger partial charge in [-0.25, -0.2) is 0 Å². The van der Waals surface area contributed by atoms with Gasteiger partial charge in [0.2, 0.25) is 0 Å². The first kappa shape index (κ1) is 11.2. The molecule has 1 aromatic rings. The Morgan fingerprint density at radius 1 is 1.29 bits per heavy atom. The van der Waals surface area contributed by atoms with E-state index in [1.165, 1.54) is 5.56 Å². The van der Waals surface area contributed by atoms with E-state index < -0.39 is 12.1 Å². The second kappa shape index (κ2) is 4.55. The van der Waals surface area contributed by atoms with Crippen LogP contribution < -0.4 is 5.73 Å². The Balaban J connectivity index is 2.91. The van der Waals surface area contributed by atoms with Crippen LogP contribution in [0.1, 0.15) is 22.8 Å². The van der Waals surface area contributed by atoms with Gasteiger partial charge in [0.05, 0.1) is 18.8 Å². The summed E-state index contributed by atoms with van der Waals surface area (Å²) in [4.78, 5) is 0. The van der Waals surface area contributed by atoms with Crippen molar-refractivity contribution in [1.82, 2.24) is 0 Å². The highest BCUT2D eigenvalue weighted by Crippen LogP contribution is 2.18. The molecule has 1 rings (SSSR count). The van der Waals surface area contributed by atoms with E-state index in [1.807, 2.05) is 32.0 Å². The molecule has 0 amide bonds. The molecular formula is C11H17NO2. The smallest absolute Gasteiger partial charge is 0.0963 e. The Labute approximate surface area is 84.2 Å². The third-order valence-corrected chi connectivity index (χ3v) is 2.49. The minimum Gasteiger partial charge on any atom is -0.395 e. The Kier molecular flexibility index (Phi) is 3.63. The fourth-order valence-electron chi connectivity index (χ4n) is 1.30. The van der Waals surface area contributed by atoms with Gasteiger partial charge in [-0.2, -0.15) is 0 Å². The first-order valence-electron chi connectivity index (χ1n) is 4.68. The van der Waals surface area contributed by atoms with Gasteiger partial charge >= 0.3 is 0 Å². The van der Waals surface area contributed by atoms with E-state index in [-0.39, 0.29) is 6.61 Å². The Morgan fingerprint density at radius 3 is 2.43 bits per heavy atom. The summed E-state index contributed by atoms with van der Waals surface area (Å²) in [5, 5.41) is 18.5. The van der Waals surface area contributed by atoms with Crippen molar-refractivity contribution in [2.24, 2.45) is 5.73 Å². The summed E-state index contributed by atoms with van der Waals surface area (Å²) in [7, 11) is 0. The van der Waals surface area contributed by atoms with Gasteiger partial charge < -0.3 is 15.9 Å². The lowest BCUT2D eigenvalue weighted by Crippen LogP contribution is -2.31. The molecule has 0 spiro atoms. The molecule has 4 N–H and O–H groups in total. The average Bonchev–Trinajstić information content (AvgIpc) is 2.20. The first-order valence-corrected chi connectivity index (χ1v) is 4.68. The van der Waals surface area contributed by atoms with Crippen molar-refractivity contribution >= 4 is 0 Å². The minimum absolute atomic E-state index is 0.214. The lowest BCUT2D eigenvalue weighted by Gasteiger charge is -2.17. The molecule has 3 heteroatoms. The third-order valence-electron chi connectivity index (χ3n) is 2.49. The van der Waals surface area contributed by atoms with E-state index in [2.05, 4.69) is 0 Å². The molecule has 0 saturated carbocycles. The van der Waals surface area contributed by atoms with Crippen molar-refractivity contribution in [3.05, 3.63) is 34.9 Å². The SMILES string of the molecule is Cc1ccc(C(O)C(N)CO)cc1C. The first-order chi connectivity index (χ1) is 6.56. The van der Waals surface area contributed by atoms with Crippen LogP contribution in [0.3, 0.4) is 0 Å². The highest BCUT2D eigenvalue weighted by Gasteiger charge is 2.15. The molecule has 0 heterocycles. The van der Waals surface area contributed by atoms with Crippen molar-refractivity contribution in [2.75, 3.05) is 6.61 Å². The second-order valence-electron chi connectivity index (χ2n) is 3.63. The highest BCUT2D eigenvalue weighted by molar-refractivity contribution is 5.31. The normalized spacial score (nSPS) is 15.2. The molecule has 0 saturated heterocycles. The fourth-order valence-corrected chi connectivity index (χ4v) is 1.30. The van der Waals surface area contributed by atoms with Crippen molar-refractivity contribution in [3.63, 3.8) is 0 Å². The maximum Gasteiger partial charge on any atom is 0.0963 e. The zero-order valence-corrected chi connectivity index (χ0v) is 8.57. The topological polar surface area (TPSA) is 66.5 Å². The molecular weight excluding hydrogens is 178 g/mol. The molecule has 0 aliphatic rings. The quantitative estimate of drug-likeness (QED) is 0.663. The van der Waals surface area contributed by atoms with Crippen LogP contribution in [0.15, 0.2) is 18.2 Å². The van der Waals surface area contributed by atoms with Crippen molar-refractivity contribution < 1.29 is 10.2 Å². The van der Waals surface area contributed by atoms with Gasteiger partial charge in [0, 0.05) is 0 Å². The number of nitrogens with two attached hydrogens (primary N) is 1. The maximum atomic E-state index is 9.72. The Hall–Kier alpha value is -0.900. The van der Waals surface area contributed by atoms with Crippen LogP contribution in [0.5, 0.6) is 0 Å². The van der Waals surface area contributed by atoms with Crippen LogP contribution in [0, 0.1) is 13.8 Å². The van der Waals surface area contributed by atoms with E-state index in [0.29, 0.717) is 0 Å². The van der Waals surface area contributed by atoms with E-state index >= 15 is 0 Å². The fraction of sp³-hybridized carbons (Fsp3) is 0.455. The summed E-state index contributed by atoms with van der Waals surface area (Å²) in [6, 6.07) is 5.06. The lowest BCUT2D eigenvalue weighted by atomic mass is 9.99. The van der Waals surface area contributed by atoms with Gasteiger partial charge in [-0.15, -0.1) is 0 Å². The predicted octanol–water partition coefficient (Wildman–Crippen LogP) is 0.656. The number of rotatable bonds is 3. The molecule has 0 fully saturated rings. The summed E-state index contributed by atoms with van der Waals surface area (Å²) < 4.78 is 0. The number of aliphatic hydroxyl groups is 2. The summed E-state index contributed by atoms with van der Waals surface area (Å²) >= 11 is 0. The maximum absolute atomic E-state index is 9.72. The number of aryl methyl sites for hydroxylation is 2. The number of aliphatic hydroxyl groups excluding tert-OH is 2. The molecule has 3 nitrogen and oxygen atoms in total. The monoisotopic (exact) mass is 195 g/mol.